The quantitative estimate of drug-likeness (QED) is 0.542. The molecule has 0 fully saturated rings. The van der Waals surface area contributed by atoms with E-state index in [1.807, 2.05) is 32.9 Å². The van der Waals surface area contributed by atoms with Crippen LogP contribution in [-0.2, 0) is 4.79 Å². The summed E-state index contributed by atoms with van der Waals surface area (Å²) < 4.78 is 0. The molecule has 0 atom stereocenters. The van der Waals surface area contributed by atoms with Crippen LogP contribution in [0.3, 0.4) is 0 Å². The van der Waals surface area contributed by atoms with Gasteiger partial charge in [-0.3, -0.25) is 4.79 Å². The molecule has 0 rings (SSSR count). The summed E-state index contributed by atoms with van der Waals surface area (Å²) in [6, 6.07) is 0. The molecule has 0 aliphatic heterocycles. The zero-order chi connectivity index (χ0) is 7.49. The summed E-state index contributed by atoms with van der Waals surface area (Å²) in [6.45, 7) is 5.49. The molecule has 0 bridgehead atoms. The van der Waals surface area contributed by atoms with Crippen molar-refractivity contribution < 1.29 is 4.79 Å². The first-order valence-electron chi connectivity index (χ1n) is 2.86. The largest absolute Gasteiger partial charge is 0.281 e. The van der Waals surface area contributed by atoms with Gasteiger partial charge in [0.1, 0.15) is 0 Å². The smallest absolute Gasteiger partial charge is 0.228 e. The van der Waals surface area contributed by atoms with Crippen molar-refractivity contribution in [1.29, 1.82) is 0 Å². The monoisotopic (exact) mass is 143 g/mol. The van der Waals surface area contributed by atoms with Crippen molar-refractivity contribution in [3.63, 3.8) is 0 Å². The molecule has 0 saturated heterocycles. The first kappa shape index (κ1) is 8.63. The van der Waals surface area contributed by atoms with Gasteiger partial charge >= 0.3 is 0 Å². The summed E-state index contributed by atoms with van der Waals surface area (Å²) in [5.74, 6) is 0. The van der Waals surface area contributed by atoms with Crippen LogP contribution in [0.4, 0.5) is 0 Å². The van der Waals surface area contributed by atoms with E-state index in [4.69, 9.17) is 0 Å². The van der Waals surface area contributed by atoms with E-state index in [0.29, 0.717) is 0 Å². The Bertz CT molecular complexity index is 136. The summed E-state index contributed by atoms with van der Waals surface area (Å²) in [5, 5.41) is -0.208. The maximum atomic E-state index is 10.6. The van der Waals surface area contributed by atoms with Crippen molar-refractivity contribution in [3.05, 3.63) is 12.2 Å². The SMILES string of the molecule is CC=CC(C)(C)C(=O)[S]. The Morgan fingerprint density at radius 2 is 2.00 bits per heavy atom. The molecule has 51 valence electrons. The average Bonchev–Trinajstić information content (AvgIpc) is 1.65. The molecule has 0 saturated carbocycles. The van der Waals surface area contributed by atoms with Crippen LogP contribution in [0.25, 0.3) is 0 Å². The van der Waals surface area contributed by atoms with E-state index in [1.54, 1.807) is 0 Å². The summed E-state index contributed by atoms with van der Waals surface area (Å²) in [4.78, 5) is 10.6. The minimum absolute atomic E-state index is 0.208. The van der Waals surface area contributed by atoms with Gasteiger partial charge in [-0.1, -0.05) is 12.2 Å². The standard InChI is InChI=1S/C7H11OS/c1-4-5-7(2,3)6(8)9/h4-5H,1-3H3. The average molecular weight is 143 g/mol. The van der Waals surface area contributed by atoms with E-state index in [9.17, 15) is 4.79 Å². The van der Waals surface area contributed by atoms with Crippen molar-refractivity contribution in [2.24, 2.45) is 5.41 Å². The van der Waals surface area contributed by atoms with Gasteiger partial charge in [0.25, 0.3) is 0 Å². The molecule has 0 aliphatic carbocycles. The second kappa shape index (κ2) is 2.97. The van der Waals surface area contributed by atoms with Gasteiger partial charge in [0.2, 0.25) is 5.12 Å². The highest BCUT2D eigenvalue weighted by molar-refractivity contribution is 7.96. The number of hydrogen-bond acceptors (Lipinski definition) is 1. The van der Waals surface area contributed by atoms with Gasteiger partial charge in [-0.05, 0) is 33.4 Å². The van der Waals surface area contributed by atoms with E-state index < -0.39 is 5.41 Å². The molecule has 1 nitrogen and oxygen atoms in total. The topological polar surface area (TPSA) is 17.1 Å². The van der Waals surface area contributed by atoms with E-state index in [-0.39, 0.29) is 5.12 Å². The van der Waals surface area contributed by atoms with Crippen LogP contribution in [0.5, 0.6) is 0 Å². The van der Waals surface area contributed by atoms with E-state index >= 15 is 0 Å². The lowest BCUT2D eigenvalue weighted by Crippen LogP contribution is -2.15. The third kappa shape index (κ3) is 2.61. The highest BCUT2D eigenvalue weighted by Crippen LogP contribution is 2.19. The Morgan fingerprint density at radius 1 is 1.56 bits per heavy atom. The number of carbonyl (C=O) groups excluding carboxylic acids is 1. The Balaban J connectivity index is 4.19. The van der Waals surface area contributed by atoms with E-state index in [1.165, 1.54) is 0 Å². The van der Waals surface area contributed by atoms with Crippen LogP contribution in [-0.4, -0.2) is 5.12 Å². The lowest BCUT2D eigenvalue weighted by molar-refractivity contribution is -0.116. The Hall–Kier alpha value is -0.370. The highest BCUT2D eigenvalue weighted by atomic mass is 32.1. The van der Waals surface area contributed by atoms with Crippen molar-refractivity contribution in [2.75, 3.05) is 0 Å². The minimum Gasteiger partial charge on any atom is -0.281 e. The fraction of sp³-hybridized carbons (Fsp3) is 0.571. The van der Waals surface area contributed by atoms with Gasteiger partial charge in [0.05, 0.1) is 5.41 Å². The molecule has 0 aromatic heterocycles. The van der Waals surface area contributed by atoms with E-state index in [2.05, 4.69) is 12.6 Å². The van der Waals surface area contributed by atoms with Crippen LogP contribution < -0.4 is 0 Å². The second-order valence-electron chi connectivity index (χ2n) is 2.51. The molecular formula is C7H11OS. The normalized spacial score (nSPS) is 12.3. The van der Waals surface area contributed by atoms with Gasteiger partial charge in [-0.2, -0.15) is 0 Å². The molecule has 9 heavy (non-hydrogen) atoms. The minimum atomic E-state index is -0.454. The van der Waals surface area contributed by atoms with Crippen LogP contribution in [0.1, 0.15) is 20.8 Å². The summed E-state index contributed by atoms with van der Waals surface area (Å²) in [6.07, 6.45) is 3.65. The van der Waals surface area contributed by atoms with Crippen LogP contribution in [0, 0.1) is 5.41 Å². The van der Waals surface area contributed by atoms with Crippen molar-refractivity contribution in [3.8, 4) is 0 Å². The zero-order valence-corrected chi connectivity index (χ0v) is 6.79. The fourth-order valence-corrected chi connectivity index (χ4v) is 0.553. The third-order valence-corrected chi connectivity index (χ3v) is 1.64. The number of carbonyl (C=O) groups is 1. The predicted molar refractivity (Wildman–Crippen MR) is 41.2 cm³/mol. The Morgan fingerprint density at radius 3 is 2.11 bits per heavy atom. The highest BCUT2D eigenvalue weighted by Gasteiger charge is 2.20. The summed E-state index contributed by atoms with van der Waals surface area (Å²) in [7, 11) is 0. The number of rotatable bonds is 2. The molecule has 0 N–H and O–H groups in total. The van der Waals surface area contributed by atoms with Crippen LogP contribution in [0.15, 0.2) is 12.2 Å². The lowest BCUT2D eigenvalue weighted by atomic mass is 9.95. The third-order valence-electron chi connectivity index (χ3n) is 1.11. The van der Waals surface area contributed by atoms with Gasteiger partial charge < -0.3 is 0 Å². The van der Waals surface area contributed by atoms with Gasteiger partial charge in [0.15, 0.2) is 0 Å². The first-order valence-corrected chi connectivity index (χ1v) is 3.27. The van der Waals surface area contributed by atoms with Crippen LogP contribution >= 0.6 is 12.6 Å². The Labute approximate surface area is 61.6 Å². The summed E-state index contributed by atoms with van der Waals surface area (Å²) >= 11 is 4.49. The number of allylic oxidation sites excluding steroid dienone is 2. The van der Waals surface area contributed by atoms with Crippen LogP contribution in [0.2, 0.25) is 0 Å². The molecule has 2 heteroatoms. The molecule has 0 aromatic carbocycles. The molecule has 0 unspecified atom stereocenters. The van der Waals surface area contributed by atoms with Gasteiger partial charge in [-0.15, -0.1) is 0 Å². The van der Waals surface area contributed by atoms with E-state index in [0.717, 1.165) is 0 Å². The first-order chi connectivity index (χ1) is 4.00. The zero-order valence-electron chi connectivity index (χ0n) is 5.97. The van der Waals surface area contributed by atoms with Crippen molar-refractivity contribution in [1.82, 2.24) is 0 Å². The molecule has 1 radical (unpaired) electrons. The fourth-order valence-electron chi connectivity index (χ4n) is 0.485. The van der Waals surface area contributed by atoms with Gasteiger partial charge in [0, 0.05) is 0 Å². The molecule has 0 aliphatic rings. The predicted octanol–water partition coefficient (Wildman–Crippen LogP) is 2.31. The number of hydrogen-bond donors (Lipinski definition) is 0. The maximum absolute atomic E-state index is 10.6. The lowest BCUT2D eigenvalue weighted by Gasteiger charge is -2.12. The molecule has 0 heterocycles. The Kier molecular flexibility index (Phi) is 2.85. The van der Waals surface area contributed by atoms with Crippen molar-refractivity contribution in [2.45, 2.75) is 20.8 Å². The molecule has 0 spiro atoms. The molecule has 0 amide bonds. The molecular weight excluding hydrogens is 132 g/mol. The van der Waals surface area contributed by atoms with Gasteiger partial charge in [-0.25, -0.2) is 0 Å². The van der Waals surface area contributed by atoms with Crippen molar-refractivity contribution >= 4 is 17.7 Å². The second-order valence-corrected chi connectivity index (χ2v) is 2.88. The summed E-state index contributed by atoms with van der Waals surface area (Å²) in [5.41, 5.74) is -0.454. The molecule has 0 aromatic rings. The maximum Gasteiger partial charge on any atom is 0.228 e.